The summed E-state index contributed by atoms with van der Waals surface area (Å²) in [4.78, 5) is 3.15. The number of ether oxygens (including phenoxy) is 1. The molecule has 0 bridgehead atoms. The molecule has 0 spiro atoms. The number of aromatic nitrogens is 1. The first-order valence-corrected chi connectivity index (χ1v) is 6.27. The molecule has 0 aliphatic rings. The Morgan fingerprint density at radius 3 is 1.72 bits per heavy atom. The van der Waals surface area contributed by atoms with E-state index in [1.54, 1.807) is 0 Å². The molecule has 0 saturated heterocycles. The molecule has 1 aromatic carbocycles. The summed E-state index contributed by atoms with van der Waals surface area (Å²) in [6, 6.07) is 2.91. The van der Waals surface area contributed by atoms with E-state index in [-0.39, 0.29) is 6.20 Å². The Bertz CT molecular complexity index is 745. The van der Waals surface area contributed by atoms with Crippen LogP contribution in [0.25, 0.3) is 11.1 Å². The number of rotatable bonds is 2. The fraction of sp³-hybridized carbons (Fsp3) is 0.214. The largest absolute Gasteiger partial charge is 0.573 e. The van der Waals surface area contributed by atoms with Gasteiger partial charge in [0, 0.05) is 18.0 Å². The molecule has 1 heterocycles. The molecule has 0 N–H and O–H groups in total. The van der Waals surface area contributed by atoms with Crippen molar-refractivity contribution in [2.24, 2.45) is 0 Å². The second-order valence-electron chi connectivity index (χ2n) is 4.68. The van der Waals surface area contributed by atoms with Gasteiger partial charge in [0.1, 0.15) is 5.75 Å². The van der Waals surface area contributed by atoms with Crippen molar-refractivity contribution < 1.29 is 44.3 Å². The van der Waals surface area contributed by atoms with E-state index in [2.05, 4.69) is 9.72 Å². The molecular weight excluding hydrogens is 369 g/mol. The predicted molar refractivity (Wildman–Crippen MR) is 66.4 cm³/mol. The Balaban J connectivity index is 2.56. The molecule has 0 radical (unpaired) electrons. The number of hydrogen-bond donors (Lipinski definition) is 0. The predicted octanol–water partition coefficient (Wildman–Crippen LogP) is 5.68. The van der Waals surface area contributed by atoms with Crippen LogP contribution in [0.5, 0.6) is 5.75 Å². The summed E-state index contributed by atoms with van der Waals surface area (Å²) in [5, 5.41) is 0. The standard InChI is InChI=1S/C14H6F9NO/c15-12(16,17)10-6-24-5-9(11(10)13(18,19)20)7-1-3-8(4-2-7)25-14(21,22)23/h1-6H. The van der Waals surface area contributed by atoms with Crippen molar-refractivity contribution in [2.45, 2.75) is 18.7 Å². The Morgan fingerprint density at radius 1 is 0.720 bits per heavy atom. The Kier molecular flexibility index (Phi) is 4.62. The summed E-state index contributed by atoms with van der Waals surface area (Å²) >= 11 is 0. The summed E-state index contributed by atoms with van der Waals surface area (Å²) in [5.74, 6) is -0.732. The first kappa shape index (κ1) is 18.9. The van der Waals surface area contributed by atoms with Crippen LogP contribution in [0.1, 0.15) is 11.1 Å². The highest BCUT2D eigenvalue weighted by Gasteiger charge is 2.45. The monoisotopic (exact) mass is 375 g/mol. The Morgan fingerprint density at radius 2 is 1.28 bits per heavy atom. The minimum Gasteiger partial charge on any atom is -0.406 e. The molecule has 0 aliphatic carbocycles. The number of pyridine rings is 1. The van der Waals surface area contributed by atoms with E-state index in [9.17, 15) is 39.5 Å². The summed E-state index contributed by atoms with van der Waals surface area (Å²) in [6.45, 7) is 0. The van der Waals surface area contributed by atoms with Gasteiger partial charge in [-0.15, -0.1) is 13.2 Å². The molecule has 0 amide bonds. The fourth-order valence-electron chi connectivity index (χ4n) is 2.04. The summed E-state index contributed by atoms with van der Waals surface area (Å²) in [7, 11) is 0. The molecule has 2 rings (SSSR count). The summed E-state index contributed by atoms with van der Waals surface area (Å²) in [5.41, 5.74) is -5.28. The zero-order valence-electron chi connectivity index (χ0n) is 11.7. The third-order valence-corrected chi connectivity index (χ3v) is 2.93. The molecule has 1 aromatic heterocycles. The molecule has 2 nitrogen and oxygen atoms in total. The van der Waals surface area contributed by atoms with Crippen LogP contribution in [0.15, 0.2) is 36.7 Å². The number of alkyl halides is 9. The van der Waals surface area contributed by atoms with Crippen LogP contribution in [0.2, 0.25) is 0 Å². The molecule has 0 fully saturated rings. The molecule has 2 aromatic rings. The molecule has 25 heavy (non-hydrogen) atoms. The van der Waals surface area contributed by atoms with Crippen molar-refractivity contribution >= 4 is 0 Å². The highest BCUT2D eigenvalue weighted by molar-refractivity contribution is 5.69. The topological polar surface area (TPSA) is 22.1 Å². The first-order chi connectivity index (χ1) is 11.3. The van der Waals surface area contributed by atoms with Gasteiger partial charge in [0.25, 0.3) is 0 Å². The van der Waals surface area contributed by atoms with Crippen molar-refractivity contribution in [3.63, 3.8) is 0 Å². The Hall–Kier alpha value is -2.46. The van der Waals surface area contributed by atoms with Gasteiger partial charge < -0.3 is 4.74 Å². The van der Waals surface area contributed by atoms with E-state index in [0.717, 1.165) is 12.1 Å². The molecule has 136 valence electrons. The van der Waals surface area contributed by atoms with E-state index in [4.69, 9.17) is 0 Å². The number of halogens is 9. The highest BCUT2D eigenvalue weighted by Crippen LogP contribution is 2.44. The zero-order chi connectivity index (χ0) is 19.0. The van der Waals surface area contributed by atoms with Crippen LogP contribution in [-0.4, -0.2) is 11.3 Å². The van der Waals surface area contributed by atoms with Crippen molar-refractivity contribution in [2.75, 3.05) is 0 Å². The van der Waals surface area contributed by atoms with Crippen molar-refractivity contribution in [1.82, 2.24) is 4.98 Å². The Labute approximate surface area is 133 Å². The number of nitrogens with zero attached hydrogens (tertiary/aromatic N) is 1. The third kappa shape index (κ3) is 4.54. The maximum Gasteiger partial charge on any atom is 0.573 e. The lowest BCUT2D eigenvalue weighted by Crippen LogP contribution is -2.18. The maximum absolute atomic E-state index is 13.1. The van der Waals surface area contributed by atoms with Gasteiger partial charge >= 0.3 is 18.7 Å². The normalized spacial score (nSPS) is 13.0. The van der Waals surface area contributed by atoms with Crippen LogP contribution in [0.3, 0.4) is 0 Å². The van der Waals surface area contributed by atoms with E-state index in [1.165, 1.54) is 0 Å². The highest BCUT2D eigenvalue weighted by atomic mass is 19.4. The van der Waals surface area contributed by atoms with Gasteiger partial charge in [-0.2, -0.15) is 26.3 Å². The summed E-state index contributed by atoms with van der Waals surface area (Å²) < 4.78 is 118. The van der Waals surface area contributed by atoms with Crippen LogP contribution >= 0.6 is 0 Å². The van der Waals surface area contributed by atoms with Crippen molar-refractivity contribution in [3.05, 3.63) is 47.8 Å². The van der Waals surface area contributed by atoms with Crippen LogP contribution in [0.4, 0.5) is 39.5 Å². The van der Waals surface area contributed by atoms with E-state index in [1.807, 2.05) is 0 Å². The SMILES string of the molecule is FC(F)(F)Oc1ccc(-c2cncc(C(F)(F)F)c2C(F)(F)F)cc1. The van der Waals surface area contributed by atoms with E-state index >= 15 is 0 Å². The lowest BCUT2D eigenvalue weighted by Gasteiger charge is -2.18. The van der Waals surface area contributed by atoms with Gasteiger partial charge in [0.05, 0.1) is 11.1 Å². The molecule has 11 heteroatoms. The molecular formula is C14H6F9NO. The average molecular weight is 375 g/mol. The lowest BCUT2D eigenvalue weighted by molar-refractivity contribution is -0.274. The minimum absolute atomic E-state index is 0.0352. The molecule has 0 aliphatic heterocycles. The third-order valence-electron chi connectivity index (χ3n) is 2.93. The number of hydrogen-bond acceptors (Lipinski definition) is 2. The minimum atomic E-state index is -5.36. The first-order valence-electron chi connectivity index (χ1n) is 6.27. The van der Waals surface area contributed by atoms with Crippen LogP contribution in [-0.2, 0) is 12.4 Å². The molecule has 0 unspecified atom stereocenters. The second-order valence-corrected chi connectivity index (χ2v) is 4.68. The van der Waals surface area contributed by atoms with Gasteiger partial charge in [-0.1, -0.05) is 12.1 Å². The molecule has 0 atom stereocenters. The quantitative estimate of drug-likeness (QED) is 0.630. The molecule has 0 saturated carbocycles. The maximum atomic E-state index is 13.1. The van der Waals surface area contributed by atoms with Crippen molar-refractivity contribution in [3.8, 4) is 16.9 Å². The van der Waals surface area contributed by atoms with E-state index < -0.39 is 46.7 Å². The van der Waals surface area contributed by atoms with Gasteiger partial charge in [0.15, 0.2) is 0 Å². The fourth-order valence-corrected chi connectivity index (χ4v) is 2.04. The van der Waals surface area contributed by atoms with Crippen LogP contribution < -0.4 is 4.74 Å². The smallest absolute Gasteiger partial charge is 0.406 e. The number of benzene rings is 1. The summed E-state index contributed by atoms with van der Waals surface area (Å²) in [6.07, 6.45) is -15.1. The zero-order valence-corrected chi connectivity index (χ0v) is 11.7. The van der Waals surface area contributed by atoms with Crippen molar-refractivity contribution in [1.29, 1.82) is 0 Å². The van der Waals surface area contributed by atoms with Crippen LogP contribution in [0, 0.1) is 0 Å². The lowest BCUT2D eigenvalue weighted by atomic mass is 9.97. The second kappa shape index (κ2) is 6.12. The van der Waals surface area contributed by atoms with Gasteiger partial charge in [-0.05, 0) is 17.7 Å². The van der Waals surface area contributed by atoms with Gasteiger partial charge in [-0.3, -0.25) is 4.98 Å². The average Bonchev–Trinajstić information content (AvgIpc) is 2.44. The van der Waals surface area contributed by atoms with E-state index in [0.29, 0.717) is 18.3 Å². The van der Waals surface area contributed by atoms with Gasteiger partial charge in [-0.25, -0.2) is 0 Å². The van der Waals surface area contributed by atoms with Gasteiger partial charge in [0.2, 0.25) is 0 Å².